The molecule has 0 aliphatic heterocycles. The first-order chi connectivity index (χ1) is 9.11. The fourth-order valence-corrected chi connectivity index (χ4v) is 3.89. The van der Waals surface area contributed by atoms with E-state index in [1.54, 1.807) is 11.8 Å². The van der Waals surface area contributed by atoms with E-state index >= 15 is 0 Å². The van der Waals surface area contributed by atoms with E-state index in [0.29, 0.717) is 6.04 Å². The fourth-order valence-electron chi connectivity index (χ4n) is 1.76. The van der Waals surface area contributed by atoms with Gasteiger partial charge in [0.2, 0.25) is 0 Å². The molecule has 2 aromatic rings. The van der Waals surface area contributed by atoms with Gasteiger partial charge in [0, 0.05) is 24.8 Å². The molecule has 0 aliphatic carbocycles. The molecule has 0 heterocycles. The molecule has 1 N–H and O–H groups in total. The zero-order valence-corrected chi connectivity index (χ0v) is 14.8. The highest BCUT2D eigenvalue weighted by atomic mass is 79.9. The Morgan fingerprint density at radius 3 is 2.47 bits per heavy atom. The van der Waals surface area contributed by atoms with Crippen molar-refractivity contribution in [3.05, 3.63) is 57.0 Å². The first-order valence-electron chi connectivity index (χ1n) is 6.01. The van der Waals surface area contributed by atoms with Gasteiger partial charge in [0.05, 0.1) is 0 Å². The Labute approximate surface area is 135 Å². The third-order valence-corrected chi connectivity index (χ3v) is 5.53. The van der Waals surface area contributed by atoms with Crippen molar-refractivity contribution in [2.75, 3.05) is 7.05 Å². The SMILES string of the molecule is CNC(C)c1ccc(Br)cc1Sc1ccccc1Br. The van der Waals surface area contributed by atoms with E-state index in [-0.39, 0.29) is 0 Å². The van der Waals surface area contributed by atoms with Crippen LogP contribution >= 0.6 is 43.6 Å². The van der Waals surface area contributed by atoms with Crippen LogP contribution in [0.4, 0.5) is 0 Å². The van der Waals surface area contributed by atoms with Gasteiger partial charge in [0.25, 0.3) is 0 Å². The molecule has 0 radical (unpaired) electrons. The molecule has 100 valence electrons. The average Bonchev–Trinajstić information content (AvgIpc) is 2.41. The summed E-state index contributed by atoms with van der Waals surface area (Å²) in [5.41, 5.74) is 1.31. The van der Waals surface area contributed by atoms with Crippen LogP contribution in [0, 0.1) is 0 Å². The second kappa shape index (κ2) is 6.93. The molecule has 0 amide bonds. The van der Waals surface area contributed by atoms with Gasteiger partial charge in [0.1, 0.15) is 0 Å². The summed E-state index contributed by atoms with van der Waals surface area (Å²) in [6.07, 6.45) is 0. The number of hydrogen-bond acceptors (Lipinski definition) is 2. The number of rotatable bonds is 4. The molecule has 0 aromatic heterocycles. The highest BCUT2D eigenvalue weighted by Crippen LogP contribution is 2.38. The molecular weight excluding hydrogens is 386 g/mol. The number of hydrogen-bond donors (Lipinski definition) is 1. The molecule has 0 saturated heterocycles. The maximum absolute atomic E-state index is 3.60. The number of halogens is 2. The number of nitrogens with one attached hydrogen (secondary N) is 1. The molecule has 0 bridgehead atoms. The summed E-state index contributed by atoms with van der Waals surface area (Å²) < 4.78 is 2.23. The predicted octanol–water partition coefficient (Wildman–Crippen LogP) is 5.64. The molecule has 1 atom stereocenters. The monoisotopic (exact) mass is 399 g/mol. The normalized spacial score (nSPS) is 12.4. The van der Waals surface area contributed by atoms with Gasteiger partial charge in [-0.05, 0) is 59.7 Å². The van der Waals surface area contributed by atoms with Crippen molar-refractivity contribution in [2.24, 2.45) is 0 Å². The van der Waals surface area contributed by atoms with Crippen molar-refractivity contribution in [1.29, 1.82) is 0 Å². The standard InChI is InChI=1S/C15H15Br2NS/c1-10(18-2)12-8-7-11(16)9-15(12)19-14-6-4-3-5-13(14)17/h3-10,18H,1-2H3. The largest absolute Gasteiger partial charge is 0.313 e. The van der Waals surface area contributed by atoms with Crippen LogP contribution in [0.2, 0.25) is 0 Å². The summed E-state index contributed by atoms with van der Waals surface area (Å²) in [6.45, 7) is 2.17. The summed E-state index contributed by atoms with van der Waals surface area (Å²) >= 11 is 8.94. The summed E-state index contributed by atoms with van der Waals surface area (Å²) in [6, 6.07) is 15.1. The molecule has 1 nitrogen and oxygen atoms in total. The van der Waals surface area contributed by atoms with Crippen molar-refractivity contribution >= 4 is 43.6 Å². The Morgan fingerprint density at radius 2 is 1.79 bits per heavy atom. The van der Waals surface area contributed by atoms with E-state index in [1.165, 1.54) is 15.4 Å². The van der Waals surface area contributed by atoms with E-state index in [2.05, 4.69) is 80.5 Å². The van der Waals surface area contributed by atoms with E-state index in [9.17, 15) is 0 Å². The van der Waals surface area contributed by atoms with Gasteiger partial charge in [-0.25, -0.2) is 0 Å². The zero-order valence-electron chi connectivity index (χ0n) is 10.8. The topological polar surface area (TPSA) is 12.0 Å². The van der Waals surface area contributed by atoms with Crippen LogP contribution in [-0.2, 0) is 0 Å². The van der Waals surface area contributed by atoms with Gasteiger partial charge in [-0.1, -0.05) is 45.9 Å². The van der Waals surface area contributed by atoms with Crippen LogP contribution in [0.15, 0.2) is 61.2 Å². The van der Waals surface area contributed by atoms with Crippen LogP contribution in [-0.4, -0.2) is 7.05 Å². The summed E-state index contributed by atoms with van der Waals surface area (Å²) in [4.78, 5) is 2.49. The van der Waals surface area contributed by atoms with Crippen molar-refractivity contribution in [3.8, 4) is 0 Å². The minimum Gasteiger partial charge on any atom is -0.313 e. The van der Waals surface area contributed by atoms with Gasteiger partial charge >= 0.3 is 0 Å². The van der Waals surface area contributed by atoms with Crippen LogP contribution < -0.4 is 5.32 Å². The lowest BCUT2D eigenvalue weighted by molar-refractivity contribution is 0.641. The van der Waals surface area contributed by atoms with Crippen LogP contribution in [0.1, 0.15) is 18.5 Å². The third-order valence-electron chi connectivity index (χ3n) is 2.93. The molecule has 19 heavy (non-hydrogen) atoms. The van der Waals surface area contributed by atoms with E-state index in [1.807, 2.05) is 13.1 Å². The van der Waals surface area contributed by atoms with E-state index < -0.39 is 0 Å². The molecule has 0 fully saturated rings. The van der Waals surface area contributed by atoms with Gasteiger partial charge < -0.3 is 5.32 Å². The maximum atomic E-state index is 3.60. The highest BCUT2D eigenvalue weighted by Gasteiger charge is 2.11. The predicted molar refractivity (Wildman–Crippen MR) is 89.9 cm³/mol. The van der Waals surface area contributed by atoms with Crippen LogP contribution in [0.25, 0.3) is 0 Å². The minimum absolute atomic E-state index is 0.332. The van der Waals surface area contributed by atoms with Crippen molar-refractivity contribution in [2.45, 2.75) is 22.8 Å². The summed E-state index contributed by atoms with van der Waals surface area (Å²) in [5.74, 6) is 0. The van der Waals surface area contributed by atoms with Gasteiger partial charge in [-0.15, -0.1) is 0 Å². The molecular formula is C15H15Br2NS. The number of benzene rings is 2. The summed E-state index contributed by atoms with van der Waals surface area (Å²) in [5, 5.41) is 3.30. The van der Waals surface area contributed by atoms with Gasteiger partial charge in [0.15, 0.2) is 0 Å². The quantitative estimate of drug-likeness (QED) is 0.712. The van der Waals surface area contributed by atoms with Gasteiger partial charge in [-0.3, -0.25) is 0 Å². The molecule has 2 aromatic carbocycles. The lowest BCUT2D eigenvalue weighted by atomic mass is 10.1. The first kappa shape index (κ1) is 15.1. The smallest absolute Gasteiger partial charge is 0.0314 e. The fraction of sp³-hybridized carbons (Fsp3) is 0.200. The molecule has 0 saturated carbocycles. The van der Waals surface area contributed by atoms with E-state index in [0.717, 1.165) is 8.95 Å². The van der Waals surface area contributed by atoms with Gasteiger partial charge in [-0.2, -0.15) is 0 Å². The Kier molecular flexibility index (Phi) is 5.51. The first-order valence-corrected chi connectivity index (χ1v) is 8.41. The maximum Gasteiger partial charge on any atom is 0.0314 e. The lowest BCUT2D eigenvalue weighted by Crippen LogP contribution is -2.13. The summed E-state index contributed by atoms with van der Waals surface area (Å²) in [7, 11) is 1.99. The second-order valence-electron chi connectivity index (χ2n) is 4.22. The molecule has 4 heteroatoms. The van der Waals surface area contributed by atoms with Crippen molar-refractivity contribution in [1.82, 2.24) is 5.32 Å². The van der Waals surface area contributed by atoms with E-state index in [4.69, 9.17) is 0 Å². The lowest BCUT2D eigenvalue weighted by Gasteiger charge is -2.16. The Hall–Kier alpha value is -0.290. The molecule has 0 spiro atoms. The Morgan fingerprint density at radius 1 is 1.05 bits per heavy atom. The van der Waals surface area contributed by atoms with Crippen LogP contribution in [0.3, 0.4) is 0 Å². The Bertz CT molecular complexity index is 572. The molecule has 1 unspecified atom stereocenters. The van der Waals surface area contributed by atoms with Crippen LogP contribution in [0.5, 0.6) is 0 Å². The second-order valence-corrected chi connectivity index (χ2v) is 7.08. The zero-order chi connectivity index (χ0) is 13.8. The molecule has 0 aliphatic rings. The third kappa shape index (κ3) is 3.85. The Balaban J connectivity index is 2.38. The molecule has 2 rings (SSSR count). The average molecular weight is 401 g/mol. The minimum atomic E-state index is 0.332. The highest BCUT2D eigenvalue weighted by molar-refractivity contribution is 9.10. The van der Waals surface area contributed by atoms with Crippen molar-refractivity contribution in [3.63, 3.8) is 0 Å². The van der Waals surface area contributed by atoms with Crippen molar-refractivity contribution < 1.29 is 0 Å².